The van der Waals surface area contributed by atoms with Gasteiger partial charge in [-0.15, -0.1) is 0 Å². The average Bonchev–Trinajstić information content (AvgIpc) is 1.98. The predicted molar refractivity (Wildman–Crippen MR) is 43.5 cm³/mol. The van der Waals surface area contributed by atoms with E-state index in [-0.39, 0.29) is 19.7 Å². The van der Waals surface area contributed by atoms with Crippen LogP contribution in [0.2, 0.25) is 0 Å². The lowest BCUT2D eigenvalue weighted by molar-refractivity contribution is -0.146. The lowest BCUT2D eigenvalue weighted by atomic mass is 10.4. The number of hydrogen-bond acceptors (Lipinski definition) is 3. The van der Waals surface area contributed by atoms with Crippen molar-refractivity contribution in [3.05, 3.63) is 0 Å². The first-order valence-electron chi connectivity index (χ1n) is 4.04. The maximum atomic E-state index is 11.9. The van der Waals surface area contributed by atoms with Gasteiger partial charge in [0.2, 0.25) is 0 Å². The Balaban J connectivity index is 3.79. The van der Waals surface area contributed by atoms with Crippen molar-refractivity contribution in [2.75, 3.05) is 39.8 Å². The summed E-state index contributed by atoms with van der Waals surface area (Å²) in [5.74, 6) is 0. The van der Waals surface area contributed by atoms with Crippen molar-refractivity contribution in [2.24, 2.45) is 0 Å². The van der Waals surface area contributed by atoms with E-state index >= 15 is 0 Å². The summed E-state index contributed by atoms with van der Waals surface area (Å²) in [7, 11) is 1.67. The van der Waals surface area contributed by atoms with Crippen LogP contribution >= 0.6 is 0 Å². The molecule has 0 aliphatic heterocycles. The number of rotatable bonds is 6. The molecule has 0 fully saturated rings. The van der Waals surface area contributed by atoms with Crippen LogP contribution in [-0.2, 0) is 0 Å². The molecule has 0 unspecified atom stereocenters. The second kappa shape index (κ2) is 6.17. The van der Waals surface area contributed by atoms with Gasteiger partial charge in [-0.2, -0.15) is 13.2 Å². The van der Waals surface area contributed by atoms with Gasteiger partial charge in [-0.1, -0.05) is 0 Å². The number of halogens is 3. The topological polar surface area (TPSA) is 35.5 Å². The summed E-state index contributed by atoms with van der Waals surface area (Å²) >= 11 is 0. The van der Waals surface area contributed by atoms with Crippen LogP contribution in [0.15, 0.2) is 0 Å². The van der Waals surface area contributed by atoms with Crippen LogP contribution in [0.25, 0.3) is 0 Å². The Morgan fingerprint density at radius 1 is 1.31 bits per heavy atom. The molecule has 0 aromatic heterocycles. The molecular weight excluding hydrogens is 185 g/mol. The van der Waals surface area contributed by atoms with Crippen LogP contribution < -0.4 is 5.32 Å². The largest absolute Gasteiger partial charge is 0.401 e. The zero-order valence-electron chi connectivity index (χ0n) is 7.56. The average molecular weight is 200 g/mol. The fraction of sp³-hybridized carbons (Fsp3) is 1.00. The first kappa shape index (κ1) is 12.7. The third-order valence-corrected chi connectivity index (χ3v) is 1.50. The third-order valence-electron chi connectivity index (χ3n) is 1.50. The number of nitrogens with zero attached hydrogens (tertiary/aromatic N) is 1. The van der Waals surface area contributed by atoms with Gasteiger partial charge in [0, 0.05) is 19.6 Å². The van der Waals surface area contributed by atoms with Crippen LogP contribution in [0.5, 0.6) is 0 Å². The number of likely N-dealkylation sites (N-methyl/N-ethyl adjacent to an activating group) is 1. The highest BCUT2D eigenvalue weighted by atomic mass is 19.4. The van der Waals surface area contributed by atoms with Crippen molar-refractivity contribution >= 4 is 0 Å². The summed E-state index contributed by atoms with van der Waals surface area (Å²) in [6, 6.07) is 0. The zero-order chi connectivity index (χ0) is 10.3. The van der Waals surface area contributed by atoms with E-state index in [4.69, 9.17) is 5.11 Å². The van der Waals surface area contributed by atoms with Crippen molar-refractivity contribution in [1.82, 2.24) is 10.2 Å². The van der Waals surface area contributed by atoms with Gasteiger partial charge in [0.25, 0.3) is 0 Å². The van der Waals surface area contributed by atoms with Crippen LogP contribution in [0.1, 0.15) is 0 Å². The van der Waals surface area contributed by atoms with Crippen molar-refractivity contribution in [2.45, 2.75) is 6.18 Å². The first-order valence-corrected chi connectivity index (χ1v) is 4.04. The zero-order valence-corrected chi connectivity index (χ0v) is 7.56. The Morgan fingerprint density at radius 2 is 1.92 bits per heavy atom. The Morgan fingerprint density at radius 3 is 2.31 bits per heavy atom. The number of aliphatic hydroxyl groups is 1. The molecule has 0 atom stereocenters. The monoisotopic (exact) mass is 200 g/mol. The number of hydrogen-bond donors (Lipinski definition) is 2. The molecular formula is C7H15F3N2O. The third kappa shape index (κ3) is 8.01. The minimum absolute atomic E-state index is 0.0567. The minimum Gasteiger partial charge on any atom is -0.395 e. The molecule has 0 saturated heterocycles. The summed E-state index contributed by atoms with van der Waals surface area (Å²) < 4.78 is 35.7. The summed E-state index contributed by atoms with van der Waals surface area (Å²) in [5, 5.41) is 11.3. The number of nitrogens with one attached hydrogen (secondary N) is 1. The molecule has 0 rings (SSSR count). The normalized spacial score (nSPS) is 12.5. The van der Waals surface area contributed by atoms with E-state index in [9.17, 15) is 13.2 Å². The van der Waals surface area contributed by atoms with Crippen molar-refractivity contribution < 1.29 is 18.3 Å². The van der Waals surface area contributed by atoms with Crippen LogP contribution in [-0.4, -0.2) is 56.0 Å². The number of aliphatic hydroxyl groups excluding tert-OH is 1. The van der Waals surface area contributed by atoms with E-state index in [0.29, 0.717) is 6.54 Å². The van der Waals surface area contributed by atoms with Gasteiger partial charge in [0.05, 0.1) is 13.2 Å². The second-order valence-electron chi connectivity index (χ2n) is 2.72. The Hall–Kier alpha value is -0.330. The highest BCUT2D eigenvalue weighted by Gasteiger charge is 2.29. The summed E-state index contributed by atoms with van der Waals surface area (Å²) in [6.45, 7) is -0.386. The molecule has 0 aromatic rings. The Bertz CT molecular complexity index is 129. The van der Waals surface area contributed by atoms with Gasteiger partial charge in [0.1, 0.15) is 0 Å². The second-order valence-corrected chi connectivity index (χ2v) is 2.72. The van der Waals surface area contributed by atoms with E-state index in [1.807, 2.05) is 0 Å². The van der Waals surface area contributed by atoms with Gasteiger partial charge < -0.3 is 10.4 Å². The van der Waals surface area contributed by atoms with E-state index in [2.05, 4.69) is 5.32 Å². The van der Waals surface area contributed by atoms with E-state index in [1.165, 1.54) is 0 Å². The molecule has 0 bridgehead atoms. The minimum atomic E-state index is -4.19. The molecule has 0 heterocycles. The maximum Gasteiger partial charge on any atom is 0.401 e. The summed E-state index contributed by atoms with van der Waals surface area (Å²) in [6.07, 6.45) is -4.19. The molecule has 80 valence electrons. The molecule has 0 spiro atoms. The fourth-order valence-corrected chi connectivity index (χ4v) is 0.935. The van der Waals surface area contributed by atoms with Crippen molar-refractivity contribution in [3.63, 3.8) is 0 Å². The summed E-state index contributed by atoms with van der Waals surface area (Å²) in [5.41, 5.74) is 0. The lowest BCUT2D eigenvalue weighted by Crippen LogP contribution is -2.39. The molecule has 0 amide bonds. The van der Waals surface area contributed by atoms with Crippen LogP contribution in [0, 0.1) is 0 Å². The van der Waals surface area contributed by atoms with Gasteiger partial charge >= 0.3 is 6.18 Å². The Labute approximate surface area is 75.5 Å². The van der Waals surface area contributed by atoms with Crippen LogP contribution in [0.3, 0.4) is 0 Å². The van der Waals surface area contributed by atoms with Crippen LogP contribution in [0.4, 0.5) is 13.2 Å². The molecule has 0 radical (unpaired) electrons. The maximum absolute atomic E-state index is 11.9. The lowest BCUT2D eigenvalue weighted by Gasteiger charge is -2.22. The highest BCUT2D eigenvalue weighted by Crippen LogP contribution is 2.15. The van der Waals surface area contributed by atoms with E-state index < -0.39 is 12.7 Å². The smallest absolute Gasteiger partial charge is 0.395 e. The first-order chi connectivity index (χ1) is 5.99. The van der Waals surface area contributed by atoms with Gasteiger partial charge in [0.15, 0.2) is 0 Å². The van der Waals surface area contributed by atoms with Gasteiger partial charge in [-0.3, -0.25) is 4.90 Å². The predicted octanol–water partition coefficient (Wildman–Crippen LogP) is 0.0624. The highest BCUT2D eigenvalue weighted by molar-refractivity contribution is 4.63. The summed E-state index contributed by atoms with van der Waals surface area (Å²) in [4.78, 5) is 1.16. The SMILES string of the molecule is CNCCN(CCO)CC(F)(F)F. The molecule has 0 saturated carbocycles. The molecule has 13 heavy (non-hydrogen) atoms. The number of alkyl halides is 3. The molecule has 0 aliphatic carbocycles. The van der Waals surface area contributed by atoms with Crippen molar-refractivity contribution in [1.29, 1.82) is 0 Å². The molecule has 0 aromatic carbocycles. The molecule has 0 aliphatic rings. The fourth-order valence-electron chi connectivity index (χ4n) is 0.935. The molecule has 2 N–H and O–H groups in total. The van der Waals surface area contributed by atoms with E-state index in [1.54, 1.807) is 7.05 Å². The van der Waals surface area contributed by atoms with E-state index in [0.717, 1.165) is 4.90 Å². The molecule has 6 heteroatoms. The molecule has 3 nitrogen and oxygen atoms in total. The van der Waals surface area contributed by atoms with Gasteiger partial charge in [-0.25, -0.2) is 0 Å². The Kier molecular flexibility index (Phi) is 6.02. The standard InChI is InChI=1S/C7H15F3N2O/c1-11-2-3-12(4-5-13)6-7(8,9)10/h11,13H,2-6H2,1H3. The van der Waals surface area contributed by atoms with Gasteiger partial charge in [-0.05, 0) is 7.05 Å². The quantitative estimate of drug-likeness (QED) is 0.636. The van der Waals surface area contributed by atoms with Crippen molar-refractivity contribution in [3.8, 4) is 0 Å².